The fourth-order valence-corrected chi connectivity index (χ4v) is 1.37. The molecule has 0 fully saturated rings. The molecule has 0 aromatic rings. The lowest BCUT2D eigenvalue weighted by Gasteiger charge is -1.98. The average molecular weight is 198 g/mol. The van der Waals surface area contributed by atoms with E-state index in [2.05, 4.69) is 11.7 Å². The number of carbonyl (C=O) groups excluding carboxylic acids is 1. The van der Waals surface area contributed by atoms with E-state index < -0.39 is 0 Å². The van der Waals surface area contributed by atoms with Gasteiger partial charge in [-0.2, -0.15) is 0 Å². The van der Waals surface area contributed by atoms with Gasteiger partial charge in [0.2, 0.25) is 0 Å². The lowest BCUT2D eigenvalue weighted by Crippen LogP contribution is -1.79. The molecule has 0 aliphatic carbocycles. The van der Waals surface area contributed by atoms with Crippen LogP contribution in [0.1, 0.15) is 58.3 Å². The van der Waals surface area contributed by atoms with Gasteiger partial charge in [-0.25, -0.2) is 0 Å². The number of unbranched alkanes of at least 4 members (excludes halogenated alkanes) is 7. The Kier molecular flexibility index (Phi) is 11.5. The molecule has 0 aliphatic heterocycles. The predicted molar refractivity (Wildman–Crippen MR) is 58.9 cm³/mol. The van der Waals surface area contributed by atoms with Gasteiger partial charge in [0.25, 0.3) is 6.47 Å². The first-order valence-electron chi connectivity index (χ1n) is 5.66. The summed E-state index contributed by atoms with van der Waals surface area (Å²) in [7, 11) is 0. The minimum absolute atomic E-state index is 0.446. The van der Waals surface area contributed by atoms with Crippen LogP contribution in [0.3, 0.4) is 0 Å². The number of allylic oxidation sites excluding steroid dienone is 1. The Morgan fingerprint density at radius 3 is 2.29 bits per heavy atom. The summed E-state index contributed by atoms with van der Waals surface area (Å²) in [4.78, 5) is 9.77. The molecular formula is C12H22O2. The first-order chi connectivity index (χ1) is 6.91. The first kappa shape index (κ1) is 13.2. The van der Waals surface area contributed by atoms with Crippen molar-refractivity contribution in [1.29, 1.82) is 0 Å². The number of hydrogen-bond acceptors (Lipinski definition) is 2. The third-order valence-electron chi connectivity index (χ3n) is 2.20. The van der Waals surface area contributed by atoms with E-state index in [4.69, 9.17) is 0 Å². The molecule has 0 bridgehead atoms. The van der Waals surface area contributed by atoms with Crippen molar-refractivity contribution in [3.8, 4) is 0 Å². The molecule has 0 spiro atoms. The summed E-state index contributed by atoms with van der Waals surface area (Å²) in [6, 6.07) is 0. The van der Waals surface area contributed by atoms with E-state index in [1.807, 2.05) is 6.08 Å². The molecular weight excluding hydrogens is 176 g/mol. The fourth-order valence-electron chi connectivity index (χ4n) is 1.37. The Labute approximate surface area is 87.3 Å². The molecule has 2 nitrogen and oxygen atoms in total. The smallest absolute Gasteiger partial charge is 0.297 e. The highest BCUT2D eigenvalue weighted by Crippen LogP contribution is 2.08. The van der Waals surface area contributed by atoms with Crippen LogP contribution in [0.25, 0.3) is 0 Å². The van der Waals surface area contributed by atoms with Crippen molar-refractivity contribution in [2.75, 3.05) is 0 Å². The SMILES string of the molecule is CCCCCCCCC/C=C/OC=O. The molecule has 0 aliphatic rings. The monoisotopic (exact) mass is 198 g/mol. The lowest BCUT2D eigenvalue weighted by atomic mass is 10.1. The Hall–Kier alpha value is -0.790. The Morgan fingerprint density at radius 2 is 1.64 bits per heavy atom. The van der Waals surface area contributed by atoms with E-state index in [1.165, 1.54) is 51.2 Å². The highest BCUT2D eigenvalue weighted by atomic mass is 16.5. The summed E-state index contributed by atoms with van der Waals surface area (Å²) in [6.45, 7) is 2.68. The van der Waals surface area contributed by atoms with Gasteiger partial charge >= 0.3 is 0 Å². The maximum atomic E-state index is 9.77. The molecule has 0 atom stereocenters. The highest BCUT2D eigenvalue weighted by Gasteiger charge is 1.89. The van der Waals surface area contributed by atoms with Crippen molar-refractivity contribution >= 4 is 6.47 Å². The third kappa shape index (κ3) is 11.2. The van der Waals surface area contributed by atoms with Crippen molar-refractivity contribution in [3.05, 3.63) is 12.3 Å². The Balaban J connectivity index is 2.95. The van der Waals surface area contributed by atoms with Crippen LogP contribution in [0.5, 0.6) is 0 Å². The van der Waals surface area contributed by atoms with Crippen molar-refractivity contribution in [3.63, 3.8) is 0 Å². The lowest BCUT2D eigenvalue weighted by molar-refractivity contribution is -0.123. The second kappa shape index (κ2) is 12.2. The maximum absolute atomic E-state index is 9.77. The first-order valence-corrected chi connectivity index (χ1v) is 5.66. The zero-order valence-electron chi connectivity index (χ0n) is 9.21. The van der Waals surface area contributed by atoms with Crippen molar-refractivity contribution < 1.29 is 9.53 Å². The van der Waals surface area contributed by atoms with Crippen LogP contribution >= 0.6 is 0 Å². The normalized spacial score (nSPS) is 10.6. The van der Waals surface area contributed by atoms with Gasteiger partial charge in [-0.3, -0.25) is 4.79 Å². The Bertz CT molecular complexity index is 141. The molecule has 0 saturated heterocycles. The number of carbonyl (C=O) groups is 1. The van der Waals surface area contributed by atoms with Gasteiger partial charge in [-0.05, 0) is 18.9 Å². The quantitative estimate of drug-likeness (QED) is 0.303. The van der Waals surface area contributed by atoms with E-state index >= 15 is 0 Å². The minimum atomic E-state index is 0.446. The molecule has 0 amide bonds. The molecule has 0 aromatic heterocycles. The van der Waals surface area contributed by atoms with Gasteiger partial charge in [-0.1, -0.05) is 45.4 Å². The number of hydrogen-bond donors (Lipinski definition) is 0. The summed E-state index contributed by atoms with van der Waals surface area (Å²) in [5, 5.41) is 0. The zero-order valence-corrected chi connectivity index (χ0v) is 9.21. The van der Waals surface area contributed by atoms with Crippen LogP contribution in [0.4, 0.5) is 0 Å². The van der Waals surface area contributed by atoms with Crippen LogP contribution in [0.2, 0.25) is 0 Å². The largest absolute Gasteiger partial charge is 0.437 e. The number of rotatable bonds is 10. The molecule has 14 heavy (non-hydrogen) atoms. The van der Waals surface area contributed by atoms with Gasteiger partial charge in [0.1, 0.15) is 0 Å². The topological polar surface area (TPSA) is 26.3 Å². The second-order valence-electron chi connectivity index (χ2n) is 3.51. The molecule has 0 heterocycles. The van der Waals surface area contributed by atoms with Crippen LogP contribution in [-0.4, -0.2) is 6.47 Å². The average Bonchev–Trinajstić information content (AvgIpc) is 2.21. The molecule has 0 radical (unpaired) electrons. The number of ether oxygens (including phenoxy) is 1. The molecule has 2 heteroatoms. The van der Waals surface area contributed by atoms with E-state index in [0.717, 1.165) is 6.42 Å². The van der Waals surface area contributed by atoms with Crippen LogP contribution in [0, 0.1) is 0 Å². The molecule has 0 unspecified atom stereocenters. The van der Waals surface area contributed by atoms with Crippen LogP contribution < -0.4 is 0 Å². The van der Waals surface area contributed by atoms with Gasteiger partial charge in [0, 0.05) is 0 Å². The van der Waals surface area contributed by atoms with Crippen LogP contribution in [-0.2, 0) is 9.53 Å². The van der Waals surface area contributed by atoms with E-state index in [9.17, 15) is 4.79 Å². The predicted octanol–water partition coefficient (Wildman–Crippen LogP) is 3.81. The summed E-state index contributed by atoms with van der Waals surface area (Å²) in [5.41, 5.74) is 0. The summed E-state index contributed by atoms with van der Waals surface area (Å²) in [5.74, 6) is 0. The summed E-state index contributed by atoms with van der Waals surface area (Å²) < 4.78 is 4.43. The van der Waals surface area contributed by atoms with E-state index in [0.29, 0.717) is 6.47 Å². The summed E-state index contributed by atoms with van der Waals surface area (Å²) in [6.07, 6.45) is 13.6. The second-order valence-corrected chi connectivity index (χ2v) is 3.51. The maximum Gasteiger partial charge on any atom is 0.297 e. The van der Waals surface area contributed by atoms with Crippen LogP contribution in [0.15, 0.2) is 12.3 Å². The molecule has 0 N–H and O–H groups in total. The Morgan fingerprint density at radius 1 is 1.00 bits per heavy atom. The molecule has 82 valence electrons. The summed E-state index contributed by atoms with van der Waals surface area (Å²) >= 11 is 0. The fraction of sp³-hybridized carbons (Fsp3) is 0.750. The zero-order chi connectivity index (χ0) is 10.5. The third-order valence-corrected chi connectivity index (χ3v) is 2.20. The standard InChI is InChI=1S/C12H22O2/c1-2-3-4-5-6-7-8-9-10-11-14-12-13/h10-12H,2-9H2,1H3/b11-10+. The van der Waals surface area contributed by atoms with Gasteiger partial charge in [0.05, 0.1) is 6.26 Å². The highest BCUT2D eigenvalue weighted by molar-refractivity contribution is 5.38. The molecule has 0 saturated carbocycles. The molecule has 0 aromatic carbocycles. The van der Waals surface area contributed by atoms with Crippen molar-refractivity contribution in [1.82, 2.24) is 0 Å². The van der Waals surface area contributed by atoms with Gasteiger partial charge < -0.3 is 4.74 Å². The molecule has 0 rings (SSSR count). The van der Waals surface area contributed by atoms with E-state index in [-0.39, 0.29) is 0 Å². The van der Waals surface area contributed by atoms with Crippen molar-refractivity contribution in [2.45, 2.75) is 58.3 Å². The van der Waals surface area contributed by atoms with Gasteiger partial charge in [-0.15, -0.1) is 0 Å². The van der Waals surface area contributed by atoms with E-state index in [1.54, 1.807) is 0 Å². The minimum Gasteiger partial charge on any atom is -0.437 e. The van der Waals surface area contributed by atoms with Gasteiger partial charge in [0.15, 0.2) is 0 Å². The van der Waals surface area contributed by atoms with Crippen molar-refractivity contribution in [2.24, 2.45) is 0 Å².